The molecule has 2 atom stereocenters. The maximum absolute atomic E-state index is 5.82. The van der Waals surface area contributed by atoms with Crippen molar-refractivity contribution in [3.63, 3.8) is 0 Å². The standard InChI is InChI=1S/C13H19NO2/c1-8(14)4-10-7-13-11(5-9(2)16-13)6-12(10)15-3/h6-9H,4-5,14H2,1-3H3/t8-,9-/m1/s1. The first-order valence-electron chi connectivity index (χ1n) is 5.72. The van der Waals surface area contributed by atoms with Crippen LogP contribution in [-0.4, -0.2) is 19.3 Å². The molecule has 3 nitrogen and oxygen atoms in total. The van der Waals surface area contributed by atoms with Gasteiger partial charge in [-0.3, -0.25) is 0 Å². The first-order chi connectivity index (χ1) is 7.60. The zero-order valence-electron chi connectivity index (χ0n) is 10.1. The molecule has 0 aromatic heterocycles. The molecule has 2 N–H and O–H groups in total. The molecule has 0 saturated heterocycles. The third-order valence-electron chi connectivity index (χ3n) is 2.84. The number of rotatable bonds is 3. The van der Waals surface area contributed by atoms with Gasteiger partial charge in [-0.25, -0.2) is 0 Å². The molecule has 0 aliphatic carbocycles. The normalized spacial score (nSPS) is 20.1. The van der Waals surface area contributed by atoms with E-state index in [2.05, 4.69) is 19.1 Å². The van der Waals surface area contributed by atoms with Gasteiger partial charge in [-0.15, -0.1) is 0 Å². The summed E-state index contributed by atoms with van der Waals surface area (Å²) in [5, 5.41) is 0. The summed E-state index contributed by atoms with van der Waals surface area (Å²) < 4.78 is 11.1. The number of hydrogen-bond acceptors (Lipinski definition) is 3. The van der Waals surface area contributed by atoms with Crippen LogP contribution >= 0.6 is 0 Å². The van der Waals surface area contributed by atoms with Crippen molar-refractivity contribution in [2.75, 3.05) is 7.11 Å². The quantitative estimate of drug-likeness (QED) is 0.848. The summed E-state index contributed by atoms with van der Waals surface area (Å²) in [4.78, 5) is 0. The summed E-state index contributed by atoms with van der Waals surface area (Å²) in [5.41, 5.74) is 8.19. The molecule has 0 radical (unpaired) electrons. The molecular formula is C13H19NO2. The highest BCUT2D eigenvalue weighted by molar-refractivity contribution is 5.48. The molecule has 0 spiro atoms. The van der Waals surface area contributed by atoms with Crippen LogP contribution in [0, 0.1) is 0 Å². The second-order valence-corrected chi connectivity index (χ2v) is 4.59. The van der Waals surface area contributed by atoms with Gasteiger partial charge in [-0.05, 0) is 38.0 Å². The van der Waals surface area contributed by atoms with E-state index in [0.717, 1.165) is 29.9 Å². The molecule has 0 fully saturated rings. The summed E-state index contributed by atoms with van der Waals surface area (Å²) in [7, 11) is 1.70. The van der Waals surface area contributed by atoms with Crippen LogP contribution in [0.1, 0.15) is 25.0 Å². The first-order valence-corrected chi connectivity index (χ1v) is 5.72. The van der Waals surface area contributed by atoms with E-state index in [1.807, 2.05) is 6.92 Å². The Hall–Kier alpha value is -1.22. The van der Waals surface area contributed by atoms with Crippen LogP contribution in [0.5, 0.6) is 11.5 Å². The molecule has 3 heteroatoms. The van der Waals surface area contributed by atoms with E-state index >= 15 is 0 Å². The molecule has 1 aromatic rings. The van der Waals surface area contributed by atoms with Crippen molar-refractivity contribution in [2.24, 2.45) is 5.73 Å². The van der Waals surface area contributed by atoms with Crippen LogP contribution in [0.3, 0.4) is 0 Å². The van der Waals surface area contributed by atoms with E-state index in [0.29, 0.717) is 0 Å². The average Bonchev–Trinajstić information content (AvgIpc) is 2.55. The lowest BCUT2D eigenvalue weighted by Gasteiger charge is -2.12. The highest BCUT2D eigenvalue weighted by Crippen LogP contribution is 2.35. The van der Waals surface area contributed by atoms with Crippen molar-refractivity contribution in [1.29, 1.82) is 0 Å². The van der Waals surface area contributed by atoms with Crippen molar-refractivity contribution in [3.8, 4) is 11.5 Å². The van der Waals surface area contributed by atoms with E-state index in [4.69, 9.17) is 15.2 Å². The van der Waals surface area contributed by atoms with E-state index in [1.165, 1.54) is 5.56 Å². The summed E-state index contributed by atoms with van der Waals surface area (Å²) >= 11 is 0. The lowest BCUT2D eigenvalue weighted by atomic mass is 10.0. The van der Waals surface area contributed by atoms with Gasteiger partial charge < -0.3 is 15.2 Å². The minimum Gasteiger partial charge on any atom is -0.496 e. The Morgan fingerprint density at radius 2 is 2.31 bits per heavy atom. The largest absolute Gasteiger partial charge is 0.496 e. The van der Waals surface area contributed by atoms with Crippen LogP contribution in [0.4, 0.5) is 0 Å². The van der Waals surface area contributed by atoms with Crippen LogP contribution < -0.4 is 15.2 Å². The van der Waals surface area contributed by atoms with Crippen LogP contribution in [0.2, 0.25) is 0 Å². The monoisotopic (exact) mass is 221 g/mol. The molecule has 88 valence electrons. The minimum atomic E-state index is 0.130. The second kappa shape index (κ2) is 4.34. The molecule has 1 aromatic carbocycles. The SMILES string of the molecule is COc1cc2c(cc1C[C@@H](C)N)O[C@H](C)C2. The summed E-state index contributed by atoms with van der Waals surface area (Å²) in [6.45, 7) is 4.08. The molecule has 1 aliphatic heterocycles. The summed E-state index contributed by atoms with van der Waals surface area (Å²) in [6.07, 6.45) is 2.04. The molecule has 0 amide bonds. The Bertz CT molecular complexity index is 388. The minimum absolute atomic E-state index is 0.130. The number of fused-ring (bicyclic) bond motifs is 1. The van der Waals surface area contributed by atoms with Crippen molar-refractivity contribution in [3.05, 3.63) is 23.3 Å². The third kappa shape index (κ3) is 2.14. The number of nitrogens with two attached hydrogens (primary N) is 1. The lowest BCUT2D eigenvalue weighted by molar-refractivity contribution is 0.254. The maximum atomic E-state index is 5.82. The van der Waals surface area contributed by atoms with Gasteiger partial charge in [-0.1, -0.05) is 0 Å². The third-order valence-corrected chi connectivity index (χ3v) is 2.84. The number of benzene rings is 1. The fraction of sp³-hybridized carbons (Fsp3) is 0.538. The number of methoxy groups -OCH3 is 1. The Morgan fingerprint density at radius 3 is 2.94 bits per heavy atom. The van der Waals surface area contributed by atoms with Crippen LogP contribution in [0.25, 0.3) is 0 Å². The highest BCUT2D eigenvalue weighted by Gasteiger charge is 2.21. The zero-order chi connectivity index (χ0) is 11.7. The van der Waals surface area contributed by atoms with Gasteiger partial charge in [0.1, 0.15) is 17.6 Å². The molecule has 1 aliphatic rings. The van der Waals surface area contributed by atoms with Gasteiger partial charge in [-0.2, -0.15) is 0 Å². The fourth-order valence-corrected chi connectivity index (χ4v) is 2.18. The Morgan fingerprint density at radius 1 is 1.56 bits per heavy atom. The second-order valence-electron chi connectivity index (χ2n) is 4.59. The van der Waals surface area contributed by atoms with Crippen molar-refractivity contribution >= 4 is 0 Å². The summed E-state index contributed by atoms with van der Waals surface area (Å²) in [6, 6.07) is 4.28. The molecule has 0 unspecified atom stereocenters. The molecule has 2 rings (SSSR count). The van der Waals surface area contributed by atoms with Crippen LogP contribution in [-0.2, 0) is 12.8 Å². The van der Waals surface area contributed by atoms with Crippen molar-refractivity contribution in [2.45, 2.75) is 38.8 Å². The molecule has 0 saturated carbocycles. The van der Waals surface area contributed by atoms with Crippen molar-refractivity contribution in [1.82, 2.24) is 0 Å². The van der Waals surface area contributed by atoms with Gasteiger partial charge in [0.05, 0.1) is 7.11 Å². The Labute approximate surface area is 96.5 Å². The van der Waals surface area contributed by atoms with E-state index in [1.54, 1.807) is 7.11 Å². The highest BCUT2D eigenvalue weighted by atomic mass is 16.5. The molecule has 1 heterocycles. The molecule has 16 heavy (non-hydrogen) atoms. The predicted octanol–water partition coefficient (Wildman–Crippen LogP) is 1.91. The average molecular weight is 221 g/mol. The van der Waals surface area contributed by atoms with E-state index in [-0.39, 0.29) is 12.1 Å². The number of hydrogen-bond donors (Lipinski definition) is 1. The van der Waals surface area contributed by atoms with Gasteiger partial charge in [0.25, 0.3) is 0 Å². The summed E-state index contributed by atoms with van der Waals surface area (Å²) in [5.74, 6) is 1.91. The van der Waals surface area contributed by atoms with E-state index in [9.17, 15) is 0 Å². The lowest BCUT2D eigenvalue weighted by Crippen LogP contribution is -2.18. The zero-order valence-corrected chi connectivity index (χ0v) is 10.1. The Kier molecular flexibility index (Phi) is 3.06. The number of ether oxygens (including phenoxy) is 2. The van der Waals surface area contributed by atoms with Crippen molar-refractivity contribution < 1.29 is 9.47 Å². The molecule has 0 bridgehead atoms. The predicted molar refractivity (Wildman–Crippen MR) is 64.1 cm³/mol. The van der Waals surface area contributed by atoms with E-state index < -0.39 is 0 Å². The smallest absolute Gasteiger partial charge is 0.123 e. The van der Waals surface area contributed by atoms with Gasteiger partial charge >= 0.3 is 0 Å². The van der Waals surface area contributed by atoms with Crippen LogP contribution in [0.15, 0.2) is 12.1 Å². The van der Waals surface area contributed by atoms with Gasteiger partial charge in [0, 0.05) is 18.0 Å². The fourth-order valence-electron chi connectivity index (χ4n) is 2.18. The maximum Gasteiger partial charge on any atom is 0.123 e. The molecular weight excluding hydrogens is 202 g/mol. The topological polar surface area (TPSA) is 44.5 Å². The first kappa shape index (κ1) is 11.3. The van der Waals surface area contributed by atoms with Gasteiger partial charge in [0.15, 0.2) is 0 Å². The van der Waals surface area contributed by atoms with Gasteiger partial charge in [0.2, 0.25) is 0 Å². The Balaban J connectivity index is 2.34.